The second kappa shape index (κ2) is 38.5. The number of hydrogen-bond donors (Lipinski definition) is 7. The summed E-state index contributed by atoms with van der Waals surface area (Å²) in [5.74, 6) is -0.243. The Morgan fingerprint density at radius 1 is 0.387 bits per heavy atom. The number of benzene rings is 3. The van der Waals surface area contributed by atoms with Crippen LogP contribution in [0.3, 0.4) is 0 Å². The standard InChI is InChI=1S/C52H73N7O14.C2H6/c1-38(60)9-5-10-48(64)59-52(35-71-32-23-45(61)53-26-6-29-56-49(65)39-11-17-42(68-2)18-12-39,36-72-33-24-46(62)54-27-7-30-57-50(66)40-13-19-43(69-3)20-14-40)37-73-34-25-47(63)55-28-8-31-58-51(67)41-15-21-44(70-4)22-16-41;1-2/h11-22H,5-10,23-37H2,1-4H3,(H,53,61)(H,54,62)(H,55,63)(H,56,65)(H,57,66)(H,58,67)(H,59,64);1-2H3. The van der Waals surface area contributed by atoms with Crippen LogP contribution in [-0.2, 0) is 38.2 Å². The van der Waals surface area contributed by atoms with Gasteiger partial charge in [0.1, 0.15) is 28.6 Å². The number of hydrogen-bond acceptors (Lipinski definition) is 14. The number of amides is 7. The lowest BCUT2D eigenvalue weighted by Gasteiger charge is -2.34. The lowest BCUT2D eigenvalue weighted by molar-refractivity contribution is -0.131. The second-order valence-corrected chi connectivity index (χ2v) is 16.9. The molecule has 3 aromatic carbocycles. The third-order valence-corrected chi connectivity index (χ3v) is 10.8. The maximum atomic E-state index is 13.3. The van der Waals surface area contributed by atoms with Gasteiger partial charge in [-0.25, -0.2) is 0 Å². The number of carbonyl (C=O) groups is 8. The summed E-state index contributed by atoms with van der Waals surface area (Å²) in [6, 6.07) is 20.1. The van der Waals surface area contributed by atoms with E-state index in [4.69, 9.17) is 28.4 Å². The molecule has 0 aromatic heterocycles. The van der Waals surface area contributed by atoms with Gasteiger partial charge in [-0.3, -0.25) is 33.6 Å². The Morgan fingerprint density at radius 3 is 0.960 bits per heavy atom. The van der Waals surface area contributed by atoms with Crippen molar-refractivity contribution in [2.45, 2.75) is 84.1 Å². The number of ketones is 1. The number of Topliss-reactive ketones (excluding diaryl/α,β-unsaturated/α-hetero) is 1. The molecule has 21 nitrogen and oxygen atoms in total. The first-order chi connectivity index (χ1) is 36.3. The molecule has 0 bridgehead atoms. The fraction of sp³-hybridized carbons (Fsp3) is 0.519. The predicted molar refractivity (Wildman–Crippen MR) is 282 cm³/mol. The van der Waals surface area contributed by atoms with Gasteiger partial charge >= 0.3 is 0 Å². The first-order valence-corrected chi connectivity index (χ1v) is 25.4. The van der Waals surface area contributed by atoms with Crippen LogP contribution in [0.4, 0.5) is 0 Å². The van der Waals surface area contributed by atoms with Crippen LogP contribution >= 0.6 is 0 Å². The number of rotatable bonds is 38. The molecule has 0 aliphatic carbocycles. The van der Waals surface area contributed by atoms with Gasteiger partial charge in [-0.15, -0.1) is 0 Å². The molecule has 7 N–H and O–H groups in total. The fourth-order valence-electron chi connectivity index (χ4n) is 6.74. The lowest BCUT2D eigenvalue weighted by atomic mass is 10.0. The molecule has 75 heavy (non-hydrogen) atoms. The summed E-state index contributed by atoms with van der Waals surface area (Å²) in [5.41, 5.74) is 0.0914. The summed E-state index contributed by atoms with van der Waals surface area (Å²) < 4.78 is 33.3. The zero-order valence-electron chi connectivity index (χ0n) is 44.5. The molecule has 0 saturated carbocycles. The highest BCUT2D eigenvalue weighted by Gasteiger charge is 2.34. The van der Waals surface area contributed by atoms with Gasteiger partial charge in [0.2, 0.25) is 23.6 Å². The first kappa shape index (κ1) is 64.0. The molecule has 0 saturated heterocycles. The molecular formula is C54H79N7O14. The van der Waals surface area contributed by atoms with Crippen LogP contribution in [0.15, 0.2) is 72.8 Å². The van der Waals surface area contributed by atoms with E-state index in [0.717, 1.165) is 0 Å². The molecule has 21 heteroatoms. The Labute approximate surface area is 441 Å². The van der Waals surface area contributed by atoms with Gasteiger partial charge in [-0.2, -0.15) is 0 Å². The van der Waals surface area contributed by atoms with Gasteiger partial charge in [0.05, 0.1) is 61.0 Å². The zero-order valence-corrected chi connectivity index (χ0v) is 44.5. The lowest BCUT2D eigenvalue weighted by Crippen LogP contribution is -2.58. The number of carbonyl (C=O) groups excluding carboxylic acids is 8. The van der Waals surface area contributed by atoms with Gasteiger partial charge in [0.15, 0.2) is 0 Å². The minimum atomic E-state index is -1.34. The zero-order chi connectivity index (χ0) is 55.1. The van der Waals surface area contributed by atoms with Crippen LogP contribution in [0.2, 0.25) is 0 Å². The first-order valence-electron chi connectivity index (χ1n) is 25.4. The predicted octanol–water partition coefficient (Wildman–Crippen LogP) is 3.68. The molecule has 0 heterocycles. The van der Waals surface area contributed by atoms with Crippen molar-refractivity contribution >= 4 is 47.1 Å². The fourth-order valence-corrected chi connectivity index (χ4v) is 6.74. The van der Waals surface area contributed by atoms with E-state index < -0.39 is 11.4 Å². The van der Waals surface area contributed by atoms with Gasteiger partial charge in [0.25, 0.3) is 17.7 Å². The van der Waals surface area contributed by atoms with Crippen molar-refractivity contribution in [2.24, 2.45) is 0 Å². The minimum Gasteiger partial charge on any atom is -0.497 e. The molecule has 7 amide bonds. The monoisotopic (exact) mass is 1050 g/mol. The van der Waals surface area contributed by atoms with E-state index in [1.165, 1.54) is 6.92 Å². The molecule has 0 radical (unpaired) electrons. The Balaban J connectivity index is 0.00000950. The van der Waals surface area contributed by atoms with Crippen LogP contribution < -0.4 is 51.4 Å². The Morgan fingerprint density at radius 2 is 0.680 bits per heavy atom. The smallest absolute Gasteiger partial charge is 0.251 e. The van der Waals surface area contributed by atoms with Crippen LogP contribution in [-0.4, -0.2) is 153 Å². The average Bonchev–Trinajstić information content (AvgIpc) is 3.42. The van der Waals surface area contributed by atoms with Crippen molar-refractivity contribution in [3.05, 3.63) is 89.5 Å². The average molecular weight is 1050 g/mol. The normalized spacial score (nSPS) is 10.6. The van der Waals surface area contributed by atoms with E-state index in [1.807, 2.05) is 13.8 Å². The highest BCUT2D eigenvalue weighted by Crippen LogP contribution is 2.15. The van der Waals surface area contributed by atoms with Crippen molar-refractivity contribution in [2.75, 3.05) is 100 Å². The van der Waals surface area contributed by atoms with E-state index >= 15 is 0 Å². The van der Waals surface area contributed by atoms with E-state index in [-0.39, 0.29) is 113 Å². The largest absolute Gasteiger partial charge is 0.497 e. The summed E-state index contributed by atoms with van der Waals surface area (Å²) in [4.78, 5) is 100. The van der Waals surface area contributed by atoms with E-state index in [0.29, 0.717) is 98.9 Å². The summed E-state index contributed by atoms with van der Waals surface area (Å²) in [6.45, 7) is 6.64. The number of nitrogens with one attached hydrogen (secondary N) is 7. The Bertz CT molecular complexity index is 1960. The van der Waals surface area contributed by atoms with Gasteiger partial charge in [-0.05, 0) is 105 Å². The number of methoxy groups -OCH3 is 3. The topological polar surface area (TPSA) is 276 Å². The van der Waals surface area contributed by atoms with Gasteiger partial charge in [-0.1, -0.05) is 13.8 Å². The molecule has 0 unspecified atom stereocenters. The molecule has 3 rings (SSSR count). The highest BCUT2D eigenvalue weighted by atomic mass is 16.5. The Hall–Kier alpha value is -7.10. The molecule has 414 valence electrons. The SMILES string of the molecule is CC.COc1ccc(C(=O)NCCCNC(=O)CCOCC(COCCC(=O)NCCCNC(=O)c2ccc(OC)cc2)(COCCC(=O)NCCCNC(=O)c2ccc(OC)cc2)NC(=O)CCCC(C)=O)cc1. The van der Waals surface area contributed by atoms with Crippen molar-refractivity contribution in [3.63, 3.8) is 0 Å². The third-order valence-electron chi connectivity index (χ3n) is 10.8. The van der Waals surface area contributed by atoms with E-state index in [9.17, 15) is 38.4 Å². The van der Waals surface area contributed by atoms with Crippen molar-refractivity contribution < 1.29 is 66.8 Å². The molecule has 0 atom stereocenters. The number of ether oxygens (including phenoxy) is 6. The maximum absolute atomic E-state index is 13.3. The van der Waals surface area contributed by atoms with Gasteiger partial charge in [0, 0.05) is 88.1 Å². The van der Waals surface area contributed by atoms with Crippen LogP contribution in [0.5, 0.6) is 17.2 Å². The molecule has 0 aliphatic heterocycles. The molecule has 0 fully saturated rings. The second-order valence-electron chi connectivity index (χ2n) is 16.9. The van der Waals surface area contributed by atoms with E-state index in [1.54, 1.807) is 94.1 Å². The van der Waals surface area contributed by atoms with Crippen LogP contribution in [0.1, 0.15) is 110 Å². The van der Waals surface area contributed by atoms with Crippen molar-refractivity contribution in [1.82, 2.24) is 37.2 Å². The molecule has 0 spiro atoms. The summed E-state index contributed by atoms with van der Waals surface area (Å²) in [6.07, 6.45) is 1.85. The summed E-state index contributed by atoms with van der Waals surface area (Å²) in [5, 5.41) is 19.8. The Kier molecular flexibility index (Phi) is 32.8. The maximum Gasteiger partial charge on any atom is 0.251 e. The molecule has 0 aliphatic rings. The van der Waals surface area contributed by atoms with Crippen molar-refractivity contribution in [1.29, 1.82) is 0 Å². The van der Waals surface area contributed by atoms with E-state index in [2.05, 4.69) is 37.2 Å². The van der Waals surface area contributed by atoms with Gasteiger partial charge < -0.3 is 70.4 Å². The quantitative estimate of drug-likeness (QED) is 0.0404. The molecular weight excluding hydrogens is 971 g/mol. The molecule has 3 aromatic rings. The third kappa shape index (κ3) is 28.2. The summed E-state index contributed by atoms with van der Waals surface area (Å²) >= 11 is 0. The summed E-state index contributed by atoms with van der Waals surface area (Å²) in [7, 11) is 4.62. The van der Waals surface area contributed by atoms with Crippen molar-refractivity contribution in [3.8, 4) is 17.2 Å². The minimum absolute atomic E-state index is 0.0101. The van der Waals surface area contributed by atoms with Crippen LogP contribution in [0.25, 0.3) is 0 Å². The highest BCUT2D eigenvalue weighted by molar-refractivity contribution is 5.95. The van der Waals surface area contributed by atoms with Crippen LogP contribution in [0, 0.1) is 0 Å².